The van der Waals surface area contributed by atoms with Gasteiger partial charge >= 0.3 is 0 Å². The van der Waals surface area contributed by atoms with Crippen molar-refractivity contribution in [3.05, 3.63) is 36.7 Å². The number of rotatable bonds is 1. The highest BCUT2D eigenvalue weighted by Gasteiger charge is 1.98. The van der Waals surface area contributed by atoms with E-state index in [4.69, 9.17) is 5.26 Å². The lowest BCUT2D eigenvalue weighted by atomic mass is 10.1. The summed E-state index contributed by atoms with van der Waals surface area (Å²) in [5.74, 6) is 0. The topological polar surface area (TPSA) is 48.7 Å². The lowest BCUT2D eigenvalue weighted by molar-refractivity contribution is 1.35. The van der Waals surface area contributed by atoms with E-state index in [1.54, 1.807) is 12.4 Å². The van der Waals surface area contributed by atoms with Gasteiger partial charge in [0.2, 0.25) is 0 Å². The van der Waals surface area contributed by atoms with Crippen molar-refractivity contribution < 1.29 is 0 Å². The minimum absolute atomic E-state index is 0.751. The number of nitriles is 1. The monoisotopic (exact) mass is 169 g/mol. The molecule has 0 fully saturated rings. The molecule has 62 valence electrons. The fourth-order valence-corrected chi connectivity index (χ4v) is 1.28. The van der Waals surface area contributed by atoms with Gasteiger partial charge in [0.25, 0.3) is 0 Å². The summed E-state index contributed by atoms with van der Waals surface area (Å²) in [4.78, 5) is 4.02. The van der Waals surface area contributed by atoms with Crippen molar-refractivity contribution in [1.82, 2.24) is 4.98 Å². The third-order valence-corrected chi connectivity index (χ3v) is 1.86. The van der Waals surface area contributed by atoms with Gasteiger partial charge in [0.05, 0.1) is 11.9 Å². The molecule has 0 aliphatic heterocycles. The Morgan fingerprint density at radius 2 is 2.08 bits per heavy atom. The van der Waals surface area contributed by atoms with E-state index in [2.05, 4.69) is 10.3 Å². The number of hydrogen-bond acceptors (Lipinski definition) is 3. The van der Waals surface area contributed by atoms with Gasteiger partial charge in [-0.05, 0) is 0 Å². The van der Waals surface area contributed by atoms with Crippen LogP contribution in [0.1, 0.15) is 0 Å². The van der Waals surface area contributed by atoms with Crippen LogP contribution in [0.25, 0.3) is 10.8 Å². The van der Waals surface area contributed by atoms with E-state index in [0.717, 1.165) is 16.5 Å². The summed E-state index contributed by atoms with van der Waals surface area (Å²) in [6.45, 7) is 0. The van der Waals surface area contributed by atoms with E-state index >= 15 is 0 Å². The van der Waals surface area contributed by atoms with Crippen LogP contribution in [0, 0.1) is 11.5 Å². The van der Waals surface area contributed by atoms with Crippen LogP contribution in [0.5, 0.6) is 0 Å². The van der Waals surface area contributed by atoms with Crippen molar-refractivity contribution in [1.29, 1.82) is 5.26 Å². The van der Waals surface area contributed by atoms with Crippen molar-refractivity contribution in [2.75, 3.05) is 5.32 Å². The molecular weight excluding hydrogens is 162 g/mol. The Hall–Kier alpha value is -2.08. The molecule has 0 aliphatic rings. The Balaban J connectivity index is 2.70. The smallest absolute Gasteiger partial charge is 0.181 e. The number of nitrogens with zero attached hydrogens (tertiary/aromatic N) is 2. The highest BCUT2D eigenvalue weighted by atomic mass is 14.9. The standard InChI is InChI=1S/C10H7N3/c11-7-13-10-6-12-5-8-3-1-2-4-9(8)10/h1-6,13H. The molecule has 0 radical (unpaired) electrons. The lowest BCUT2D eigenvalue weighted by Gasteiger charge is -2.01. The van der Waals surface area contributed by atoms with Gasteiger partial charge in [0.1, 0.15) is 0 Å². The first kappa shape index (κ1) is 7.56. The maximum atomic E-state index is 8.49. The third kappa shape index (κ3) is 1.30. The second kappa shape index (κ2) is 3.11. The van der Waals surface area contributed by atoms with E-state index in [0.29, 0.717) is 0 Å². The SMILES string of the molecule is N#CNc1cncc2ccccc12. The molecule has 1 heterocycles. The van der Waals surface area contributed by atoms with Crippen LogP contribution in [0.3, 0.4) is 0 Å². The first-order valence-corrected chi connectivity index (χ1v) is 3.89. The van der Waals surface area contributed by atoms with Gasteiger partial charge in [0, 0.05) is 17.0 Å². The van der Waals surface area contributed by atoms with Crippen LogP contribution in [-0.2, 0) is 0 Å². The molecule has 1 aromatic heterocycles. The molecule has 0 saturated carbocycles. The maximum Gasteiger partial charge on any atom is 0.181 e. The van der Waals surface area contributed by atoms with Crippen LogP contribution in [0.2, 0.25) is 0 Å². The van der Waals surface area contributed by atoms with Crippen LogP contribution in [0.4, 0.5) is 5.69 Å². The minimum atomic E-state index is 0.751. The first-order valence-electron chi connectivity index (χ1n) is 3.89. The summed E-state index contributed by atoms with van der Waals surface area (Å²) in [7, 11) is 0. The number of anilines is 1. The summed E-state index contributed by atoms with van der Waals surface area (Å²) >= 11 is 0. The van der Waals surface area contributed by atoms with Crippen molar-refractivity contribution in [3.8, 4) is 6.19 Å². The van der Waals surface area contributed by atoms with Gasteiger partial charge in [-0.25, -0.2) is 0 Å². The van der Waals surface area contributed by atoms with Crippen LogP contribution in [0.15, 0.2) is 36.7 Å². The molecule has 3 heteroatoms. The maximum absolute atomic E-state index is 8.49. The summed E-state index contributed by atoms with van der Waals surface area (Å²) < 4.78 is 0. The number of aromatic nitrogens is 1. The van der Waals surface area contributed by atoms with Crippen LogP contribution < -0.4 is 5.32 Å². The molecule has 0 aliphatic carbocycles. The predicted molar refractivity (Wildman–Crippen MR) is 51.0 cm³/mol. The number of nitrogens with one attached hydrogen (secondary N) is 1. The fourth-order valence-electron chi connectivity index (χ4n) is 1.28. The lowest BCUT2D eigenvalue weighted by Crippen LogP contribution is -1.89. The average Bonchev–Trinajstić information content (AvgIpc) is 2.19. The largest absolute Gasteiger partial charge is 0.291 e. The molecule has 0 unspecified atom stereocenters. The van der Waals surface area contributed by atoms with E-state index in [-0.39, 0.29) is 0 Å². The number of benzene rings is 1. The first-order chi connectivity index (χ1) is 6.42. The Morgan fingerprint density at radius 3 is 2.92 bits per heavy atom. The van der Waals surface area contributed by atoms with Crippen molar-refractivity contribution in [3.63, 3.8) is 0 Å². The van der Waals surface area contributed by atoms with Gasteiger partial charge in [-0.3, -0.25) is 10.3 Å². The molecule has 1 N–H and O–H groups in total. The Kier molecular flexibility index (Phi) is 1.81. The highest BCUT2D eigenvalue weighted by Crippen LogP contribution is 2.20. The zero-order chi connectivity index (χ0) is 9.10. The predicted octanol–water partition coefficient (Wildman–Crippen LogP) is 2.13. The number of fused-ring (bicyclic) bond motifs is 1. The molecule has 2 rings (SSSR count). The molecule has 0 amide bonds. The summed E-state index contributed by atoms with van der Waals surface area (Å²) in [5.41, 5.74) is 0.751. The van der Waals surface area contributed by atoms with E-state index in [9.17, 15) is 0 Å². The van der Waals surface area contributed by atoms with Crippen molar-refractivity contribution >= 4 is 16.5 Å². The zero-order valence-electron chi connectivity index (χ0n) is 6.86. The molecule has 0 spiro atoms. The van der Waals surface area contributed by atoms with E-state index in [1.165, 1.54) is 0 Å². The zero-order valence-corrected chi connectivity index (χ0v) is 6.86. The molecule has 0 atom stereocenters. The fraction of sp³-hybridized carbons (Fsp3) is 0. The summed E-state index contributed by atoms with van der Waals surface area (Å²) in [5, 5.41) is 13.1. The third-order valence-electron chi connectivity index (χ3n) is 1.86. The van der Waals surface area contributed by atoms with Gasteiger partial charge in [-0.15, -0.1) is 0 Å². The molecule has 2 aromatic rings. The second-order valence-corrected chi connectivity index (χ2v) is 2.64. The van der Waals surface area contributed by atoms with E-state index < -0.39 is 0 Å². The summed E-state index contributed by atoms with van der Waals surface area (Å²) in [6.07, 6.45) is 5.31. The highest BCUT2D eigenvalue weighted by molar-refractivity contribution is 5.93. The van der Waals surface area contributed by atoms with E-state index in [1.807, 2.05) is 30.5 Å². The van der Waals surface area contributed by atoms with Crippen LogP contribution in [-0.4, -0.2) is 4.98 Å². The Labute approximate surface area is 75.6 Å². The molecular formula is C10H7N3. The molecule has 1 aromatic carbocycles. The average molecular weight is 169 g/mol. The quantitative estimate of drug-likeness (QED) is 0.525. The van der Waals surface area contributed by atoms with Gasteiger partial charge < -0.3 is 0 Å². The van der Waals surface area contributed by atoms with Gasteiger partial charge in [-0.2, -0.15) is 5.26 Å². The second-order valence-electron chi connectivity index (χ2n) is 2.64. The molecule has 3 nitrogen and oxygen atoms in total. The van der Waals surface area contributed by atoms with Crippen molar-refractivity contribution in [2.45, 2.75) is 0 Å². The number of hydrogen-bond donors (Lipinski definition) is 1. The Bertz CT molecular complexity index is 466. The molecule has 0 bridgehead atoms. The normalized spacial score (nSPS) is 9.46. The van der Waals surface area contributed by atoms with Gasteiger partial charge in [0.15, 0.2) is 6.19 Å². The van der Waals surface area contributed by atoms with Crippen LogP contribution >= 0.6 is 0 Å². The molecule has 13 heavy (non-hydrogen) atoms. The molecule has 0 saturated heterocycles. The minimum Gasteiger partial charge on any atom is -0.291 e. The Morgan fingerprint density at radius 1 is 1.23 bits per heavy atom. The summed E-state index contributed by atoms with van der Waals surface area (Å²) in [6, 6.07) is 7.80. The van der Waals surface area contributed by atoms with Gasteiger partial charge in [-0.1, -0.05) is 24.3 Å². The van der Waals surface area contributed by atoms with Crippen molar-refractivity contribution in [2.24, 2.45) is 0 Å². The number of pyridine rings is 1.